The van der Waals surface area contributed by atoms with E-state index in [4.69, 9.17) is 14.2 Å². The van der Waals surface area contributed by atoms with Crippen molar-refractivity contribution < 1.29 is 23.8 Å². The zero-order valence-electron chi connectivity index (χ0n) is 21.8. The van der Waals surface area contributed by atoms with Crippen molar-refractivity contribution in [3.8, 4) is 5.75 Å². The lowest BCUT2D eigenvalue weighted by Gasteiger charge is -2.56. The number of carbonyl (C=O) groups excluding carboxylic acids is 2. The Morgan fingerprint density at radius 2 is 1.97 bits per heavy atom. The highest BCUT2D eigenvalue weighted by Crippen LogP contribution is 2.50. The molecule has 2 saturated heterocycles. The number of aromatic nitrogens is 1. The highest BCUT2D eigenvalue weighted by Gasteiger charge is 2.52. The molecule has 0 aliphatic carbocycles. The largest absolute Gasteiger partial charge is 0.472 e. The summed E-state index contributed by atoms with van der Waals surface area (Å²) >= 11 is 0. The Hall–Kier alpha value is -3.32. The summed E-state index contributed by atoms with van der Waals surface area (Å²) in [7, 11) is 1.35. The van der Waals surface area contributed by atoms with E-state index in [1.54, 1.807) is 18.2 Å². The molecule has 37 heavy (non-hydrogen) atoms. The molecule has 0 radical (unpaired) electrons. The molecule has 3 unspecified atom stereocenters. The smallest absolute Gasteiger partial charge is 0.341 e. The van der Waals surface area contributed by atoms with E-state index in [0.29, 0.717) is 17.0 Å². The lowest BCUT2D eigenvalue weighted by atomic mass is 9.74. The molecule has 194 valence electrons. The van der Waals surface area contributed by atoms with Crippen LogP contribution in [0.1, 0.15) is 82.7 Å². The van der Waals surface area contributed by atoms with Crippen LogP contribution < -0.4 is 4.74 Å². The van der Waals surface area contributed by atoms with Gasteiger partial charge >= 0.3 is 11.9 Å². The summed E-state index contributed by atoms with van der Waals surface area (Å²) in [6.07, 6.45) is 6.19. The number of aryl methyl sites for hydroxylation is 1. The van der Waals surface area contributed by atoms with Crippen LogP contribution in [0.5, 0.6) is 5.75 Å². The number of fused-ring (bicyclic) bond motifs is 3. The minimum Gasteiger partial charge on any atom is -0.472 e. The fourth-order valence-electron chi connectivity index (χ4n) is 6.79. The average Bonchev–Trinajstić information content (AvgIpc) is 3.26. The normalized spacial score (nSPS) is 23.8. The van der Waals surface area contributed by atoms with Gasteiger partial charge in [0.15, 0.2) is 5.72 Å². The van der Waals surface area contributed by atoms with Crippen LogP contribution in [0.4, 0.5) is 0 Å². The van der Waals surface area contributed by atoms with E-state index < -0.39 is 12.1 Å². The van der Waals surface area contributed by atoms with Crippen LogP contribution in [0.25, 0.3) is 10.9 Å². The van der Waals surface area contributed by atoms with Crippen LogP contribution in [0.15, 0.2) is 36.4 Å². The second-order valence-corrected chi connectivity index (χ2v) is 10.7. The second-order valence-electron chi connectivity index (χ2n) is 10.7. The number of methoxy groups -OCH3 is 1. The van der Waals surface area contributed by atoms with Crippen LogP contribution in [0.2, 0.25) is 0 Å². The third-order valence-electron chi connectivity index (χ3n) is 8.59. The van der Waals surface area contributed by atoms with E-state index in [0.717, 1.165) is 65.8 Å². The number of ether oxygens (including phenoxy) is 3. The number of hydrogen-bond acceptors (Lipinski definition) is 6. The number of H-pyrrole nitrogens is 1. The maximum absolute atomic E-state index is 13.6. The minimum absolute atomic E-state index is 0.206. The molecule has 2 aromatic carbocycles. The van der Waals surface area contributed by atoms with Crippen molar-refractivity contribution in [3.05, 3.63) is 64.3 Å². The number of carbonyl (C=O) groups is 2. The van der Waals surface area contributed by atoms with Crippen molar-refractivity contribution in [1.29, 1.82) is 0 Å². The highest BCUT2D eigenvalue weighted by atomic mass is 16.5. The summed E-state index contributed by atoms with van der Waals surface area (Å²) in [6, 6.07) is 11.1. The zero-order valence-corrected chi connectivity index (χ0v) is 21.8. The van der Waals surface area contributed by atoms with Gasteiger partial charge in [-0.2, -0.15) is 0 Å². The van der Waals surface area contributed by atoms with Gasteiger partial charge in [-0.25, -0.2) is 9.59 Å². The Balaban J connectivity index is 1.34. The molecule has 1 spiro atoms. The molecule has 0 saturated carbocycles. The highest BCUT2D eigenvalue weighted by molar-refractivity contribution is 6.07. The first-order chi connectivity index (χ1) is 17.9. The van der Waals surface area contributed by atoms with Gasteiger partial charge in [-0.15, -0.1) is 0 Å². The van der Waals surface area contributed by atoms with Gasteiger partial charge in [0.25, 0.3) is 0 Å². The minimum atomic E-state index is -0.533. The quantitative estimate of drug-likeness (QED) is 0.461. The number of esters is 2. The van der Waals surface area contributed by atoms with E-state index in [1.807, 2.05) is 26.0 Å². The number of nitrogens with zero attached hydrogens (tertiary/aromatic N) is 1. The van der Waals surface area contributed by atoms with Crippen molar-refractivity contribution >= 4 is 22.8 Å². The summed E-state index contributed by atoms with van der Waals surface area (Å²) in [6.45, 7) is 5.94. The molecule has 1 aromatic heterocycles. The number of hydrogen-bond donors (Lipinski definition) is 1. The van der Waals surface area contributed by atoms with E-state index in [2.05, 4.69) is 16.0 Å². The Labute approximate surface area is 217 Å². The lowest BCUT2D eigenvalue weighted by molar-refractivity contribution is -0.177. The summed E-state index contributed by atoms with van der Waals surface area (Å²) in [5, 5.41) is 0.915. The van der Waals surface area contributed by atoms with E-state index >= 15 is 0 Å². The van der Waals surface area contributed by atoms with E-state index in [9.17, 15) is 9.59 Å². The van der Waals surface area contributed by atoms with Gasteiger partial charge in [-0.05, 0) is 75.8 Å². The molecular formula is C30H34N2O5. The molecule has 3 aliphatic rings. The van der Waals surface area contributed by atoms with Crippen LogP contribution in [0, 0.1) is 12.8 Å². The van der Waals surface area contributed by atoms with Crippen LogP contribution in [-0.2, 0) is 15.9 Å². The molecule has 3 aromatic rings. The first kappa shape index (κ1) is 24.0. The molecule has 0 bridgehead atoms. The van der Waals surface area contributed by atoms with Gasteiger partial charge in [0.1, 0.15) is 11.9 Å². The van der Waals surface area contributed by atoms with Gasteiger partial charge < -0.3 is 19.2 Å². The van der Waals surface area contributed by atoms with Crippen LogP contribution >= 0.6 is 0 Å². The topological polar surface area (TPSA) is 80.9 Å². The molecule has 3 aliphatic heterocycles. The van der Waals surface area contributed by atoms with Crippen molar-refractivity contribution in [2.75, 3.05) is 20.2 Å². The van der Waals surface area contributed by atoms with Gasteiger partial charge in [0.2, 0.25) is 0 Å². The SMILES string of the molecule is COC(=O)c1cccc(C(C)OC(=O)c2c(C)[nH]c3ccc4c(c23)CC2CCCN3CCCCC23O4)c1. The summed E-state index contributed by atoms with van der Waals surface area (Å²) in [4.78, 5) is 31.5. The fourth-order valence-corrected chi connectivity index (χ4v) is 6.79. The second kappa shape index (κ2) is 9.21. The van der Waals surface area contributed by atoms with Crippen molar-refractivity contribution in [3.63, 3.8) is 0 Å². The number of aromatic amines is 1. The first-order valence-electron chi connectivity index (χ1n) is 13.4. The molecule has 4 heterocycles. The van der Waals surface area contributed by atoms with Crippen molar-refractivity contribution in [2.24, 2.45) is 5.92 Å². The van der Waals surface area contributed by atoms with E-state index in [1.165, 1.54) is 26.4 Å². The third-order valence-corrected chi connectivity index (χ3v) is 8.59. The first-order valence-corrected chi connectivity index (χ1v) is 13.4. The van der Waals surface area contributed by atoms with Gasteiger partial charge in [-0.3, -0.25) is 4.90 Å². The number of rotatable bonds is 4. The predicted molar refractivity (Wildman–Crippen MR) is 140 cm³/mol. The fraction of sp³-hybridized carbons (Fsp3) is 0.467. The number of piperidine rings is 2. The predicted octanol–water partition coefficient (Wildman–Crippen LogP) is 5.71. The van der Waals surface area contributed by atoms with Gasteiger partial charge in [0.05, 0.1) is 18.2 Å². The van der Waals surface area contributed by atoms with Crippen LogP contribution in [0.3, 0.4) is 0 Å². The molecular weight excluding hydrogens is 468 g/mol. The lowest BCUT2D eigenvalue weighted by Crippen LogP contribution is -2.64. The molecule has 0 amide bonds. The Morgan fingerprint density at radius 3 is 2.81 bits per heavy atom. The number of nitrogens with one attached hydrogen (secondary N) is 1. The molecule has 2 fully saturated rings. The van der Waals surface area contributed by atoms with Crippen molar-refractivity contribution in [2.45, 2.75) is 64.2 Å². The average molecular weight is 503 g/mol. The number of benzene rings is 2. The molecule has 6 rings (SSSR count). The van der Waals surface area contributed by atoms with Gasteiger partial charge in [0, 0.05) is 47.6 Å². The molecule has 7 heteroatoms. The Kier molecular flexibility index (Phi) is 5.98. The zero-order chi connectivity index (χ0) is 25.7. The monoisotopic (exact) mass is 502 g/mol. The summed E-state index contributed by atoms with van der Waals surface area (Å²) < 4.78 is 17.7. The molecule has 3 atom stereocenters. The van der Waals surface area contributed by atoms with Crippen LogP contribution in [-0.4, -0.2) is 47.7 Å². The maximum Gasteiger partial charge on any atom is 0.341 e. The molecule has 1 N–H and O–H groups in total. The Bertz CT molecular complexity index is 1380. The maximum atomic E-state index is 13.6. The van der Waals surface area contributed by atoms with Gasteiger partial charge in [-0.1, -0.05) is 12.1 Å². The van der Waals surface area contributed by atoms with Crippen molar-refractivity contribution in [1.82, 2.24) is 9.88 Å². The summed E-state index contributed by atoms with van der Waals surface area (Å²) in [5.41, 5.74) is 4.35. The Morgan fingerprint density at radius 1 is 1.14 bits per heavy atom. The summed E-state index contributed by atoms with van der Waals surface area (Å²) in [5.74, 6) is 0.510. The standard InChI is InChI=1S/C30H34N2O5/c1-18-26(29(34)36-19(2)20-8-6-9-21(16-20)28(33)35-3)27-23-17-22-10-7-15-32-14-5-4-13-30(22,32)37-25(23)12-11-24(27)31-18/h6,8-9,11-12,16,19,22,31H,4-5,7,10,13-15,17H2,1-3H3. The van der Waals surface area contributed by atoms with E-state index in [-0.39, 0.29) is 11.7 Å². The third kappa shape index (κ3) is 3.91. The molecule has 7 nitrogen and oxygen atoms in total.